The number of aliphatic hydroxyl groups is 2. The number of aromatic nitrogens is 2. The Labute approximate surface area is 168 Å². The largest absolute Gasteiger partial charge is 0.481 e. The second kappa shape index (κ2) is 9.91. The minimum atomic E-state index is -1.09. The molecule has 2 rings (SSSR count). The molecule has 0 aliphatic heterocycles. The molecule has 1 aromatic carbocycles. The lowest BCUT2D eigenvalue weighted by molar-refractivity contribution is -0.139. The lowest BCUT2D eigenvalue weighted by atomic mass is 9.99. The van der Waals surface area contributed by atoms with Crippen molar-refractivity contribution in [3.05, 3.63) is 45.2 Å². The molecule has 0 bridgehead atoms. The van der Waals surface area contributed by atoms with E-state index in [0.29, 0.717) is 0 Å². The number of H-pyrrole nitrogens is 1. The molecule has 27 heavy (non-hydrogen) atoms. The molecule has 0 fully saturated rings. The zero-order valence-corrected chi connectivity index (χ0v) is 17.6. The Kier molecular flexibility index (Phi) is 7.88. The fraction of sp³-hybridized carbons (Fsp3) is 0.350. The smallest absolute Gasteiger partial charge is 0.305 e. The molecular weight excluding hydrogens is 459 g/mol. The van der Waals surface area contributed by atoms with E-state index < -0.39 is 18.2 Å². The third-order valence-corrected chi connectivity index (χ3v) is 5.69. The highest BCUT2D eigenvalue weighted by Crippen LogP contribution is 2.30. The van der Waals surface area contributed by atoms with Gasteiger partial charge in [0.05, 0.1) is 24.3 Å². The Hall–Kier alpha value is -1.84. The fourth-order valence-electron chi connectivity index (χ4n) is 2.74. The lowest BCUT2D eigenvalue weighted by Gasteiger charge is -2.11. The number of hydrogen-bond acceptors (Lipinski definition) is 4. The topological polar surface area (TPSA) is 106 Å². The summed E-state index contributed by atoms with van der Waals surface area (Å²) in [5.41, 5.74) is 3.60. The maximum atomic E-state index is 10.6. The first kappa shape index (κ1) is 21.5. The summed E-state index contributed by atoms with van der Waals surface area (Å²) in [6.07, 6.45) is 0.902. The molecule has 2 aromatic rings. The predicted octanol–water partition coefficient (Wildman–Crippen LogP) is 3.37. The number of rotatable bonds is 9. The van der Waals surface area contributed by atoms with E-state index in [2.05, 4.69) is 40.7 Å². The summed E-state index contributed by atoms with van der Waals surface area (Å²) in [7, 11) is 0. The van der Waals surface area contributed by atoms with Crippen LogP contribution in [0.2, 0.25) is 0 Å². The molecule has 0 amide bonds. The van der Waals surface area contributed by atoms with Gasteiger partial charge in [-0.05, 0) is 18.1 Å². The van der Waals surface area contributed by atoms with Crippen LogP contribution in [0.25, 0.3) is 17.3 Å². The third-order valence-electron chi connectivity index (χ3n) is 4.09. The molecule has 0 aliphatic rings. The molecule has 0 radical (unpaired) electrons. The SMILES string of the molecule is C=Ic1ccc(-c2n[nH]c(C(C)C)c2/C=C/[C@@H](O)C[C@@H](O)CC(=O)O)cc1. The number of aliphatic carboxylic acids is 1. The molecule has 0 spiro atoms. The van der Waals surface area contributed by atoms with Gasteiger partial charge in [-0.2, -0.15) is 5.10 Å². The van der Waals surface area contributed by atoms with E-state index >= 15 is 0 Å². The van der Waals surface area contributed by atoms with E-state index in [9.17, 15) is 15.0 Å². The van der Waals surface area contributed by atoms with Gasteiger partial charge in [-0.15, -0.1) is 0 Å². The van der Waals surface area contributed by atoms with Crippen LogP contribution in [0.15, 0.2) is 30.3 Å². The summed E-state index contributed by atoms with van der Waals surface area (Å²) in [6, 6.07) is 8.16. The molecule has 1 aromatic heterocycles. The average molecular weight is 484 g/mol. The zero-order chi connectivity index (χ0) is 20.0. The van der Waals surface area contributed by atoms with Gasteiger partial charge in [-0.1, -0.05) is 63.4 Å². The molecule has 2 atom stereocenters. The fourth-order valence-corrected chi connectivity index (χ4v) is 3.61. The van der Waals surface area contributed by atoms with Crippen LogP contribution in [0, 0.1) is 3.57 Å². The highest BCUT2D eigenvalue weighted by molar-refractivity contribution is 14.2. The predicted molar refractivity (Wildman–Crippen MR) is 116 cm³/mol. The summed E-state index contributed by atoms with van der Waals surface area (Å²) in [4.78, 5) is 10.6. The van der Waals surface area contributed by atoms with Crippen LogP contribution in [-0.4, -0.2) is 48.2 Å². The molecule has 0 unspecified atom stereocenters. The lowest BCUT2D eigenvalue weighted by Crippen LogP contribution is -2.19. The zero-order valence-electron chi connectivity index (χ0n) is 15.4. The first-order valence-electron chi connectivity index (χ1n) is 8.65. The first-order valence-corrected chi connectivity index (χ1v) is 11.3. The number of carboxylic acid groups (broad SMARTS) is 1. The van der Waals surface area contributed by atoms with Gasteiger partial charge in [0, 0.05) is 26.8 Å². The highest BCUT2D eigenvalue weighted by atomic mass is 127. The molecule has 7 heteroatoms. The minimum absolute atomic E-state index is 0.0329. The van der Waals surface area contributed by atoms with Gasteiger partial charge in [0.25, 0.3) is 0 Å². The van der Waals surface area contributed by atoms with Crippen LogP contribution in [-0.2, 0) is 4.79 Å². The van der Waals surface area contributed by atoms with Gasteiger partial charge < -0.3 is 15.3 Å². The summed E-state index contributed by atoms with van der Waals surface area (Å²) in [5, 5.41) is 36.0. The van der Waals surface area contributed by atoms with Crippen LogP contribution in [0.5, 0.6) is 0 Å². The van der Waals surface area contributed by atoms with Crippen LogP contribution in [0.1, 0.15) is 43.9 Å². The first-order chi connectivity index (χ1) is 12.8. The Bertz CT molecular complexity index is 812. The van der Waals surface area contributed by atoms with Crippen LogP contribution >= 0.6 is 20.7 Å². The average Bonchev–Trinajstić information content (AvgIpc) is 3.03. The van der Waals surface area contributed by atoms with Crippen molar-refractivity contribution >= 4 is 37.3 Å². The number of hydrogen-bond donors (Lipinski definition) is 4. The van der Waals surface area contributed by atoms with Crippen molar-refractivity contribution in [2.75, 3.05) is 0 Å². The number of aliphatic hydroxyl groups excluding tert-OH is 2. The number of nitrogens with zero attached hydrogens (tertiary/aromatic N) is 1. The number of nitrogens with one attached hydrogen (secondary N) is 1. The molecule has 0 aliphatic carbocycles. The van der Waals surface area contributed by atoms with Gasteiger partial charge in [-0.25, -0.2) is 0 Å². The Morgan fingerprint density at radius 1 is 1.30 bits per heavy atom. The van der Waals surface area contributed by atoms with Crippen molar-refractivity contribution in [2.24, 2.45) is 0 Å². The number of aromatic amines is 1. The van der Waals surface area contributed by atoms with Gasteiger partial charge in [0.2, 0.25) is 0 Å². The number of carboxylic acids is 1. The quantitative estimate of drug-likeness (QED) is 0.409. The van der Waals surface area contributed by atoms with Crippen molar-refractivity contribution in [1.82, 2.24) is 10.2 Å². The van der Waals surface area contributed by atoms with Crippen molar-refractivity contribution in [3.8, 4) is 11.3 Å². The maximum absolute atomic E-state index is 10.6. The van der Waals surface area contributed by atoms with E-state index in [0.717, 1.165) is 22.5 Å². The summed E-state index contributed by atoms with van der Waals surface area (Å²) < 4.78 is 5.23. The van der Waals surface area contributed by atoms with E-state index in [1.807, 2.05) is 12.1 Å². The molecule has 6 nitrogen and oxygen atoms in total. The number of carbonyl (C=O) groups is 1. The van der Waals surface area contributed by atoms with E-state index in [1.165, 1.54) is 3.57 Å². The second-order valence-electron chi connectivity index (χ2n) is 6.61. The van der Waals surface area contributed by atoms with Crippen molar-refractivity contribution < 1.29 is 20.1 Å². The summed E-state index contributed by atoms with van der Waals surface area (Å²) >= 11 is -0.209. The van der Waals surface area contributed by atoms with Crippen molar-refractivity contribution in [1.29, 1.82) is 0 Å². The molecule has 0 saturated carbocycles. The van der Waals surface area contributed by atoms with Gasteiger partial charge in [0.15, 0.2) is 0 Å². The van der Waals surface area contributed by atoms with E-state index in [1.54, 1.807) is 12.2 Å². The van der Waals surface area contributed by atoms with Gasteiger partial charge >= 0.3 is 5.97 Å². The summed E-state index contributed by atoms with van der Waals surface area (Å²) in [6.45, 7) is 4.11. The second-order valence-corrected chi connectivity index (χ2v) is 8.62. The Morgan fingerprint density at radius 3 is 2.52 bits per heavy atom. The van der Waals surface area contributed by atoms with Crippen LogP contribution in [0.4, 0.5) is 0 Å². The molecular formula is C20H25IN2O4. The maximum Gasteiger partial charge on any atom is 0.305 e. The van der Waals surface area contributed by atoms with Crippen molar-refractivity contribution in [2.45, 2.75) is 44.8 Å². The molecule has 1 heterocycles. The van der Waals surface area contributed by atoms with Crippen LogP contribution in [0.3, 0.4) is 0 Å². The van der Waals surface area contributed by atoms with E-state index in [-0.39, 0.29) is 39.5 Å². The Morgan fingerprint density at radius 2 is 1.96 bits per heavy atom. The summed E-state index contributed by atoms with van der Waals surface area (Å²) in [5.74, 6) is -0.878. The van der Waals surface area contributed by atoms with Gasteiger partial charge in [-0.3, -0.25) is 9.89 Å². The minimum Gasteiger partial charge on any atom is -0.481 e. The Balaban J connectivity index is 2.26. The molecule has 4 N–H and O–H groups in total. The van der Waals surface area contributed by atoms with Crippen LogP contribution < -0.4 is 0 Å². The molecule has 146 valence electrons. The van der Waals surface area contributed by atoms with Gasteiger partial charge in [0.1, 0.15) is 0 Å². The third kappa shape index (κ3) is 6.08. The highest BCUT2D eigenvalue weighted by Gasteiger charge is 2.17. The monoisotopic (exact) mass is 484 g/mol. The number of halogens is 1. The normalized spacial score (nSPS) is 14.0. The molecule has 0 saturated heterocycles. The van der Waals surface area contributed by atoms with Crippen molar-refractivity contribution in [3.63, 3.8) is 0 Å². The standard InChI is InChI=1S/C20H25IN2O4/c1-12(2)19-17(9-8-15(24)10-16(25)11-18(26)27)20(23-22-19)13-4-6-14(21-3)7-5-13/h4-9,12,15-16,24-25H,3,10-11H2,1-2H3,(H,22,23)(H,26,27)/b9-8+/t15-,16-/m1/s1. The van der Waals surface area contributed by atoms with E-state index in [4.69, 9.17) is 5.11 Å². The number of benzene rings is 1.